The molecule has 1 aliphatic heterocycles. The molecule has 0 saturated heterocycles. The summed E-state index contributed by atoms with van der Waals surface area (Å²) in [6.45, 7) is 0.207. The van der Waals surface area contributed by atoms with Crippen LogP contribution in [0.4, 0.5) is 4.39 Å². The number of furan rings is 1. The molecule has 8 heteroatoms. The molecule has 3 aromatic rings. The van der Waals surface area contributed by atoms with Crippen molar-refractivity contribution < 1.29 is 23.1 Å². The number of hydrogen-bond donors (Lipinski definition) is 0. The van der Waals surface area contributed by atoms with Gasteiger partial charge >= 0.3 is 5.97 Å². The molecule has 0 amide bonds. The van der Waals surface area contributed by atoms with E-state index in [0.29, 0.717) is 31.6 Å². The largest absolute Gasteiger partial charge is 0.487 e. The lowest BCUT2D eigenvalue weighted by Crippen LogP contribution is -2.04. The van der Waals surface area contributed by atoms with Crippen LogP contribution >= 0.6 is 31.9 Å². The molecule has 0 aliphatic carbocycles. The van der Waals surface area contributed by atoms with Crippen molar-refractivity contribution in [3.8, 4) is 5.75 Å². The average Bonchev–Trinajstić information content (AvgIpc) is 3.32. The number of cyclic esters (lactones) is 1. The summed E-state index contributed by atoms with van der Waals surface area (Å²) in [5.74, 6) is 0.189. The third-order valence-corrected chi connectivity index (χ3v) is 5.13. The van der Waals surface area contributed by atoms with Crippen LogP contribution in [0.25, 0.3) is 6.08 Å². The van der Waals surface area contributed by atoms with Crippen molar-refractivity contribution in [2.75, 3.05) is 0 Å². The van der Waals surface area contributed by atoms with E-state index in [2.05, 4.69) is 36.9 Å². The summed E-state index contributed by atoms with van der Waals surface area (Å²) in [6.07, 6.45) is 3.08. The van der Waals surface area contributed by atoms with E-state index >= 15 is 0 Å². The third-order valence-electron chi connectivity index (χ3n) is 3.95. The Morgan fingerprint density at radius 2 is 1.90 bits per heavy atom. The number of benzene rings is 2. The highest BCUT2D eigenvalue weighted by molar-refractivity contribution is 9.11. The van der Waals surface area contributed by atoms with E-state index in [1.165, 1.54) is 18.4 Å². The van der Waals surface area contributed by atoms with Crippen molar-refractivity contribution in [2.24, 2.45) is 4.99 Å². The number of nitrogens with zero attached hydrogens (tertiary/aromatic N) is 1. The lowest BCUT2D eigenvalue weighted by Gasteiger charge is -2.11. The number of carbonyl (C=O) groups excluding carboxylic acids is 1. The van der Waals surface area contributed by atoms with Crippen molar-refractivity contribution in [2.45, 2.75) is 6.61 Å². The van der Waals surface area contributed by atoms with Crippen LogP contribution in [0.2, 0.25) is 0 Å². The van der Waals surface area contributed by atoms with E-state index in [9.17, 15) is 9.18 Å². The number of esters is 1. The second-order valence-corrected chi connectivity index (χ2v) is 7.75. The second kappa shape index (κ2) is 8.34. The molecule has 5 nitrogen and oxygen atoms in total. The summed E-state index contributed by atoms with van der Waals surface area (Å²) in [5.41, 5.74) is 1.57. The van der Waals surface area contributed by atoms with Gasteiger partial charge in [0.1, 0.15) is 18.2 Å². The molecule has 0 atom stereocenters. The number of halogens is 3. The number of carbonyl (C=O) groups is 1. The predicted octanol–water partition coefficient (Wildman–Crippen LogP) is 5.87. The van der Waals surface area contributed by atoms with E-state index in [4.69, 9.17) is 13.9 Å². The Hall–Kier alpha value is -2.71. The molecule has 29 heavy (non-hydrogen) atoms. The predicted molar refractivity (Wildman–Crippen MR) is 112 cm³/mol. The van der Waals surface area contributed by atoms with Crippen LogP contribution in [0.1, 0.15) is 16.9 Å². The van der Waals surface area contributed by atoms with Gasteiger partial charge in [-0.2, -0.15) is 0 Å². The first-order chi connectivity index (χ1) is 14.0. The van der Waals surface area contributed by atoms with Crippen LogP contribution in [0.3, 0.4) is 0 Å². The van der Waals surface area contributed by atoms with Gasteiger partial charge in [0.05, 0.1) is 15.2 Å². The zero-order valence-corrected chi connectivity index (χ0v) is 17.9. The molecule has 146 valence electrons. The summed E-state index contributed by atoms with van der Waals surface area (Å²) >= 11 is 6.94. The van der Waals surface area contributed by atoms with E-state index in [-0.39, 0.29) is 24.0 Å². The molecule has 4 rings (SSSR count). The van der Waals surface area contributed by atoms with Gasteiger partial charge in [-0.25, -0.2) is 14.2 Å². The summed E-state index contributed by atoms with van der Waals surface area (Å²) in [4.78, 5) is 16.3. The monoisotopic (exact) mass is 519 g/mol. The Kier molecular flexibility index (Phi) is 5.64. The lowest BCUT2D eigenvalue weighted by atomic mass is 10.2. The summed E-state index contributed by atoms with van der Waals surface area (Å²) in [7, 11) is 0. The summed E-state index contributed by atoms with van der Waals surface area (Å²) in [5, 5.41) is 0. The van der Waals surface area contributed by atoms with Crippen LogP contribution in [0.15, 0.2) is 78.8 Å². The molecule has 1 aromatic heterocycles. The highest BCUT2D eigenvalue weighted by atomic mass is 79.9. The standard InChI is InChI=1S/C21H12Br2FNO4/c22-15-8-13(10-17-21(26)29-20(25-17)18-5-2-6-27-18)9-16(23)19(15)28-11-12-3-1-4-14(24)7-12/h1-10H,11H2/b17-10-. The molecule has 0 bridgehead atoms. The van der Waals surface area contributed by atoms with Gasteiger partial charge in [0.2, 0.25) is 0 Å². The fourth-order valence-electron chi connectivity index (χ4n) is 2.66. The fourth-order valence-corrected chi connectivity index (χ4v) is 4.11. The maximum Gasteiger partial charge on any atom is 0.363 e. The summed E-state index contributed by atoms with van der Waals surface area (Å²) < 4.78 is 30.8. The zero-order chi connectivity index (χ0) is 20.4. The van der Waals surface area contributed by atoms with E-state index in [1.54, 1.807) is 42.5 Å². The first-order valence-corrected chi connectivity index (χ1v) is 10.0. The maximum atomic E-state index is 13.3. The van der Waals surface area contributed by atoms with E-state index in [1.807, 2.05) is 0 Å². The molecule has 1 aliphatic rings. The van der Waals surface area contributed by atoms with Crippen LogP contribution in [0, 0.1) is 5.82 Å². The SMILES string of the molecule is O=C1OC(c2ccco2)=N/C1=C\c1cc(Br)c(OCc2cccc(F)c2)c(Br)c1. The van der Waals surface area contributed by atoms with Crippen molar-refractivity contribution >= 4 is 49.8 Å². The average molecular weight is 521 g/mol. The lowest BCUT2D eigenvalue weighted by molar-refractivity contribution is -0.130. The minimum atomic E-state index is -0.560. The molecule has 0 radical (unpaired) electrons. The Balaban J connectivity index is 1.55. The molecule has 0 fully saturated rings. The molecule has 0 saturated carbocycles. The maximum absolute atomic E-state index is 13.3. The van der Waals surface area contributed by atoms with Crippen molar-refractivity contribution in [3.05, 3.63) is 92.1 Å². The molecule has 0 unspecified atom stereocenters. The Bertz CT molecular complexity index is 1120. The molecular formula is C21H12Br2FNO4. The zero-order valence-electron chi connectivity index (χ0n) is 14.7. The first-order valence-electron chi connectivity index (χ1n) is 8.42. The molecule has 2 heterocycles. The number of ether oxygens (including phenoxy) is 2. The van der Waals surface area contributed by atoms with Gasteiger partial charge in [0.15, 0.2) is 11.5 Å². The van der Waals surface area contributed by atoms with Crippen molar-refractivity contribution in [1.82, 2.24) is 0 Å². The van der Waals surface area contributed by atoms with Crippen molar-refractivity contribution in [3.63, 3.8) is 0 Å². The van der Waals surface area contributed by atoms with Crippen LogP contribution in [-0.2, 0) is 16.1 Å². The Labute approximate surface area is 182 Å². The van der Waals surface area contributed by atoms with E-state index < -0.39 is 5.97 Å². The van der Waals surface area contributed by atoms with Gasteiger partial charge in [-0.3, -0.25) is 0 Å². The normalized spacial score (nSPS) is 14.8. The quantitative estimate of drug-likeness (QED) is 0.312. The van der Waals surface area contributed by atoms with Gasteiger partial charge < -0.3 is 13.9 Å². The van der Waals surface area contributed by atoms with Gasteiger partial charge in [-0.15, -0.1) is 0 Å². The molecular weight excluding hydrogens is 509 g/mol. The van der Waals surface area contributed by atoms with Gasteiger partial charge in [-0.1, -0.05) is 12.1 Å². The highest BCUT2D eigenvalue weighted by Crippen LogP contribution is 2.36. The number of aliphatic imine (C=N–C) groups is 1. The van der Waals surface area contributed by atoms with Crippen molar-refractivity contribution in [1.29, 1.82) is 0 Å². The fraction of sp³-hybridized carbons (Fsp3) is 0.0476. The number of hydrogen-bond acceptors (Lipinski definition) is 5. The van der Waals surface area contributed by atoms with Crippen LogP contribution in [-0.4, -0.2) is 11.9 Å². The minimum absolute atomic E-state index is 0.124. The smallest absolute Gasteiger partial charge is 0.363 e. The molecule has 0 spiro atoms. The molecule has 0 N–H and O–H groups in total. The van der Waals surface area contributed by atoms with Gasteiger partial charge in [-0.05, 0) is 85.5 Å². The van der Waals surface area contributed by atoms with Crippen LogP contribution < -0.4 is 4.74 Å². The first kappa shape index (κ1) is 19.6. The van der Waals surface area contributed by atoms with Gasteiger partial charge in [0, 0.05) is 0 Å². The third kappa shape index (κ3) is 4.49. The second-order valence-electron chi connectivity index (χ2n) is 6.05. The highest BCUT2D eigenvalue weighted by Gasteiger charge is 2.26. The Morgan fingerprint density at radius 3 is 2.59 bits per heavy atom. The minimum Gasteiger partial charge on any atom is -0.487 e. The number of rotatable bonds is 5. The van der Waals surface area contributed by atoms with Gasteiger partial charge in [0.25, 0.3) is 5.90 Å². The summed E-state index contributed by atoms with van der Waals surface area (Å²) in [6, 6.07) is 13.1. The van der Waals surface area contributed by atoms with Crippen LogP contribution in [0.5, 0.6) is 5.75 Å². The topological polar surface area (TPSA) is 61.0 Å². The molecule has 2 aromatic carbocycles. The van der Waals surface area contributed by atoms with E-state index in [0.717, 1.165) is 0 Å². The Morgan fingerprint density at radius 1 is 1.10 bits per heavy atom.